The average molecular weight is 343 g/mol. The number of benzene rings is 2. The van der Waals surface area contributed by atoms with Crippen LogP contribution < -0.4 is 9.47 Å². The molecule has 0 spiro atoms. The summed E-state index contributed by atoms with van der Waals surface area (Å²) in [6.07, 6.45) is 0.800. The summed E-state index contributed by atoms with van der Waals surface area (Å²) in [4.78, 5) is 14.2. The van der Waals surface area contributed by atoms with Crippen molar-refractivity contribution in [2.24, 2.45) is 0 Å². The van der Waals surface area contributed by atoms with Gasteiger partial charge < -0.3 is 19.1 Å². The van der Waals surface area contributed by atoms with Gasteiger partial charge in [-0.25, -0.2) is 0 Å². The minimum atomic E-state index is -0.0518. The SMILES string of the molecule is COCCCN(C)C(=O)c1ccc(OCc2ccccc2)c(OC)c1. The monoisotopic (exact) mass is 343 g/mol. The molecule has 1 amide bonds. The lowest BCUT2D eigenvalue weighted by Gasteiger charge is -2.18. The second-order valence-electron chi connectivity index (χ2n) is 5.71. The van der Waals surface area contributed by atoms with Crippen molar-refractivity contribution in [2.45, 2.75) is 13.0 Å². The van der Waals surface area contributed by atoms with Crippen LogP contribution in [0, 0.1) is 0 Å². The van der Waals surface area contributed by atoms with E-state index in [-0.39, 0.29) is 5.91 Å². The van der Waals surface area contributed by atoms with E-state index in [0.29, 0.717) is 36.8 Å². The number of hydrogen-bond acceptors (Lipinski definition) is 4. The van der Waals surface area contributed by atoms with Crippen LogP contribution in [-0.4, -0.2) is 45.2 Å². The van der Waals surface area contributed by atoms with Crippen LogP contribution in [0.25, 0.3) is 0 Å². The molecule has 2 rings (SSSR count). The van der Waals surface area contributed by atoms with Crippen LogP contribution in [0.1, 0.15) is 22.3 Å². The zero-order chi connectivity index (χ0) is 18.1. The number of hydrogen-bond donors (Lipinski definition) is 0. The van der Waals surface area contributed by atoms with E-state index in [1.807, 2.05) is 30.3 Å². The van der Waals surface area contributed by atoms with Gasteiger partial charge in [0, 0.05) is 32.9 Å². The van der Waals surface area contributed by atoms with Crippen molar-refractivity contribution in [1.82, 2.24) is 4.90 Å². The zero-order valence-corrected chi connectivity index (χ0v) is 15.0. The third kappa shape index (κ3) is 5.50. The highest BCUT2D eigenvalue weighted by atomic mass is 16.5. The van der Waals surface area contributed by atoms with Crippen molar-refractivity contribution in [2.75, 3.05) is 34.4 Å². The summed E-state index contributed by atoms with van der Waals surface area (Å²) in [6.45, 7) is 1.72. The largest absolute Gasteiger partial charge is 0.493 e. The number of carbonyl (C=O) groups excluding carboxylic acids is 1. The predicted octanol–water partition coefficient (Wildman–Crippen LogP) is 3.38. The minimum absolute atomic E-state index is 0.0518. The van der Waals surface area contributed by atoms with Crippen molar-refractivity contribution < 1.29 is 19.0 Å². The van der Waals surface area contributed by atoms with E-state index < -0.39 is 0 Å². The van der Waals surface area contributed by atoms with Crippen molar-refractivity contribution >= 4 is 5.91 Å². The van der Waals surface area contributed by atoms with Gasteiger partial charge in [0.1, 0.15) is 6.61 Å². The van der Waals surface area contributed by atoms with Gasteiger partial charge >= 0.3 is 0 Å². The van der Waals surface area contributed by atoms with Crippen LogP contribution in [0.2, 0.25) is 0 Å². The van der Waals surface area contributed by atoms with Gasteiger partial charge in [0.25, 0.3) is 5.91 Å². The van der Waals surface area contributed by atoms with Crippen LogP contribution in [-0.2, 0) is 11.3 Å². The number of ether oxygens (including phenoxy) is 3. The Morgan fingerprint density at radius 2 is 1.80 bits per heavy atom. The summed E-state index contributed by atoms with van der Waals surface area (Å²) >= 11 is 0. The Hall–Kier alpha value is -2.53. The Bertz CT molecular complexity index is 673. The summed E-state index contributed by atoms with van der Waals surface area (Å²) in [7, 11) is 5.01. The first kappa shape index (κ1) is 18.8. The first-order valence-electron chi connectivity index (χ1n) is 8.25. The average Bonchev–Trinajstić information content (AvgIpc) is 2.66. The molecule has 0 fully saturated rings. The van der Waals surface area contributed by atoms with Crippen LogP contribution in [0.5, 0.6) is 11.5 Å². The number of nitrogens with zero attached hydrogens (tertiary/aromatic N) is 1. The Balaban J connectivity index is 2.03. The van der Waals surface area contributed by atoms with Crippen molar-refractivity contribution in [1.29, 1.82) is 0 Å². The lowest BCUT2D eigenvalue weighted by molar-refractivity contribution is 0.0779. The highest BCUT2D eigenvalue weighted by Gasteiger charge is 2.15. The summed E-state index contributed by atoms with van der Waals surface area (Å²) in [5.41, 5.74) is 1.64. The Morgan fingerprint density at radius 1 is 1.04 bits per heavy atom. The molecule has 0 aliphatic heterocycles. The van der Waals surface area contributed by atoms with E-state index in [1.165, 1.54) is 0 Å². The minimum Gasteiger partial charge on any atom is -0.493 e. The smallest absolute Gasteiger partial charge is 0.253 e. The molecule has 134 valence electrons. The number of carbonyl (C=O) groups is 1. The Morgan fingerprint density at radius 3 is 2.48 bits per heavy atom. The van der Waals surface area contributed by atoms with Crippen LogP contribution >= 0.6 is 0 Å². The maximum atomic E-state index is 12.5. The standard InChI is InChI=1S/C20H25NO4/c1-21(12-7-13-23-2)20(22)17-10-11-18(19(14-17)24-3)25-15-16-8-5-4-6-9-16/h4-6,8-11,14H,7,12-13,15H2,1-3H3. The molecule has 0 N–H and O–H groups in total. The fraction of sp³-hybridized carbons (Fsp3) is 0.350. The van der Waals surface area contributed by atoms with Crippen LogP contribution in [0.3, 0.4) is 0 Å². The van der Waals surface area contributed by atoms with Crippen LogP contribution in [0.15, 0.2) is 48.5 Å². The number of rotatable bonds is 9. The zero-order valence-electron chi connectivity index (χ0n) is 15.0. The summed E-state index contributed by atoms with van der Waals surface area (Å²) in [5.74, 6) is 1.11. The molecule has 0 aromatic heterocycles. The van der Waals surface area contributed by atoms with Crippen molar-refractivity contribution in [3.8, 4) is 11.5 Å². The third-order valence-corrected chi connectivity index (χ3v) is 3.84. The van der Waals surface area contributed by atoms with E-state index in [1.54, 1.807) is 44.4 Å². The molecule has 0 bridgehead atoms. The van der Waals surface area contributed by atoms with E-state index in [0.717, 1.165) is 12.0 Å². The second kappa shape index (κ2) is 9.69. The van der Waals surface area contributed by atoms with Gasteiger partial charge in [0.2, 0.25) is 0 Å². The molecule has 0 unspecified atom stereocenters. The van der Waals surface area contributed by atoms with Gasteiger partial charge in [-0.1, -0.05) is 30.3 Å². The van der Waals surface area contributed by atoms with Crippen LogP contribution in [0.4, 0.5) is 0 Å². The molecule has 2 aromatic carbocycles. The maximum Gasteiger partial charge on any atom is 0.253 e. The lowest BCUT2D eigenvalue weighted by atomic mass is 10.1. The van der Waals surface area contributed by atoms with Crippen molar-refractivity contribution in [3.63, 3.8) is 0 Å². The maximum absolute atomic E-state index is 12.5. The first-order chi connectivity index (χ1) is 12.2. The Kier molecular flexibility index (Phi) is 7.29. The molecule has 5 heteroatoms. The number of methoxy groups -OCH3 is 2. The summed E-state index contributed by atoms with van der Waals surface area (Å²) in [5, 5.41) is 0. The van der Waals surface area contributed by atoms with E-state index in [9.17, 15) is 4.79 Å². The second-order valence-corrected chi connectivity index (χ2v) is 5.71. The fourth-order valence-electron chi connectivity index (χ4n) is 2.42. The third-order valence-electron chi connectivity index (χ3n) is 3.84. The molecule has 0 aliphatic rings. The van der Waals surface area contributed by atoms with Gasteiger partial charge in [0.05, 0.1) is 7.11 Å². The molecule has 2 aromatic rings. The van der Waals surface area contributed by atoms with E-state index in [2.05, 4.69) is 0 Å². The molecule has 0 aliphatic carbocycles. The highest BCUT2D eigenvalue weighted by molar-refractivity contribution is 5.94. The van der Waals surface area contributed by atoms with Gasteiger partial charge in [-0.3, -0.25) is 4.79 Å². The van der Waals surface area contributed by atoms with Crippen molar-refractivity contribution in [3.05, 3.63) is 59.7 Å². The lowest BCUT2D eigenvalue weighted by Crippen LogP contribution is -2.28. The van der Waals surface area contributed by atoms with Gasteiger partial charge in [-0.15, -0.1) is 0 Å². The van der Waals surface area contributed by atoms with E-state index in [4.69, 9.17) is 14.2 Å². The highest BCUT2D eigenvalue weighted by Crippen LogP contribution is 2.29. The predicted molar refractivity (Wildman–Crippen MR) is 97.2 cm³/mol. The normalized spacial score (nSPS) is 10.4. The summed E-state index contributed by atoms with van der Waals surface area (Å²) in [6, 6.07) is 15.2. The fourth-order valence-corrected chi connectivity index (χ4v) is 2.42. The molecule has 0 saturated carbocycles. The number of amides is 1. The quantitative estimate of drug-likeness (QED) is 0.655. The van der Waals surface area contributed by atoms with Gasteiger partial charge in [0.15, 0.2) is 11.5 Å². The molecular weight excluding hydrogens is 318 g/mol. The molecule has 0 saturated heterocycles. The van der Waals surface area contributed by atoms with Gasteiger partial charge in [-0.05, 0) is 30.2 Å². The molecule has 0 heterocycles. The van der Waals surface area contributed by atoms with Gasteiger partial charge in [-0.2, -0.15) is 0 Å². The molecule has 25 heavy (non-hydrogen) atoms. The Labute approximate surface area is 149 Å². The molecule has 5 nitrogen and oxygen atoms in total. The molecular formula is C20H25NO4. The molecule has 0 atom stereocenters. The first-order valence-corrected chi connectivity index (χ1v) is 8.25. The van der Waals surface area contributed by atoms with E-state index >= 15 is 0 Å². The topological polar surface area (TPSA) is 48.0 Å². The molecule has 0 radical (unpaired) electrons. The summed E-state index contributed by atoms with van der Waals surface area (Å²) < 4.78 is 16.2.